The molecular formula is C8H4ClF2NO5. The van der Waals surface area contributed by atoms with Gasteiger partial charge in [0.25, 0.3) is 5.69 Å². The third kappa shape index (κ3) is 3.00. The maximum Gasteiger partial charge on any atom is 0.387 e. The molecule has 0 aliphatic rings. The number of carbonyl (C=O) groups is 1. The zero-order chi connectivity index (χ0) is 13.2. The highest BCUT2D eigenvalue weighted by molar-refractivity contribution is 6.35. The molecule has 1 aromatic rings. The van der Waals surface area contributed by atoms with Crippen LogP contribution < -0.4 is 4.74 Å². The third-order valence-electron chi connectivity index (χ3n) is 1.68. The number of alkyl halides is 2. The van der Waals surface area contributed by atoms with E-state index >= 15 is 0 Å². The smallest absolute Gasteiger partial charge is 0.387 e. The Morgan fingerprint density at radius 2 is 2.12 bits per heavy atom. The fraction of sp³-hybridized carbons (Fsp3) is 0.125. The van der Waals surface area contributed by atoms with Crippen molar-refractivity contribution in [3.63, 3.8) is 0 Å². The van der Waals surface area contributed by atoms with Gasteiger partial charge in [-0.3, -0.25) is 10.1 Å². The van der Waals surface area contributed by atoms with Crippen LogP contribution in [0, 0.1) is 10.1 Å². The Kier molecular flexibility index (Phi) is 3.79. The van der Waals surface area contributed by atoms with Gasteiger partial charge in [0.1, 0.15) is 0 Å². The number of hydrogen-bond acceptors (Lipinski definition) is 4. The predicted molar refractivity (Wildman–Crippen MR) is 51.7 cm³/mol. The molecule has 0 spiro atoms. The monoisotopic (exact) mass is 267 g/mol. The molecule has 0 radical (unpaired) electrons. The lowest BCUT2D eigenvalue weighted by Crippen LogP contribution is -2.06. The number of halogens is 3. The minimum Gasteiger partial charge on any atom is -0.478 e. The first kappa shape index (κ1) is 13.1. The molecule has 17 heavy (non-hydrogen) atoms. The minimum absolute atomic E-state index is 0.622. The molecule has 0 fully saturated rings. The van der Waals surface area contributed by atoms with Gasteiger partial charge in [-0.1, -0.05) is 11.6 Å². The van der Waals surface area contributed by atoms with Gasteiger partial charge in [-0.15, -0.1) is 0 Å². The van der Waals surface area contributed by atoms with Crippen molar-refractivity contribution >= 4 is 23.3 Å². The molecule has 0 unspecified atom stereocenters. The zero-order valence-corrected chi connectivity index (χ0v) is 8.65. The van der Waals surface area contributed by atoms with Gasteiger partial charge in [-0.25, -0.2) is 4.79 Å². The average Bonchev–Trinajstić information content (AvgIpc) is 2.19. The molecule has 1 N–H and O–H groups in total. The summed E-state index contributed by atoms with van der Waals surface area (Å²) < 4.78 is 27.8. The number of carboxylic acids is 1. The first-order valence-corrected chi connectivity index (χ1v) is 4.36. The lowest BCUT2D eigenvalue weighted by Gasteiger charge is -2.08. The van der Waals surface area contributed by atoms with E-state index in [2.05, 4.69) is 4.74 Å². The van der Waals surface area contributed by atoms with Crippen LogP contribution in [0.2, 0.25) is 5.02 Å². The van der Waals surface area contributed by atoms with E-state index in [-0.39, 0.29) is 0 Å². The van der Waals surface area contributed by atoms with Crippen LogP contribution in [-0.2, 0) is 0 Å². The predicted octanol–water partition coefficient (Wildman–Crippen LogP) is 2.55. The minimum atomic E-state index is -3.27. The van der Waals surface area contributed by atoms with Crippen molar-refractivity contribution in [1.82, 2.24) is 0 Å². The first-order valence-electron chi connectivity index (χ1n) is 3.99. The number of nitro benzene ring substituents is 1. The summed E-state index contributed by atoms with van der Waals surface area (Å²) in [5, 5.41) is 18.5. The van der Waals surface area contributed by atoms with Gasteiger partial charge < -0.3 is 9.84 Å². The maximum atomic E-state index is 12.0. The van der Waals surface area contributed by atoms with Crippen LogP contribution in [-0.4, -0.2) is 22.6 Å². The molecule has 0 atom stereocenters. The SMILES string of the molecule is O=C(O)c1cc([N+](=O)[O-])cc(OC(F)F)c1Cl. The lowest BCUT2D eigenvalue weighted by atomic mass is 10.2. The van der Waals surface area contributed by atoms with E-state index in [1.54, 1.807) is 0 Å². The van der Waals surface area contributed by atoms with Crippen molar-refractivity contribution in [2.45, 2.75) is 6.61 Å². The second-order valence-corrected chi connectivity index (χ2v) is 3.12. The van der Waals surface area contributed by atoms with E-state index in [4.69, 9.17) is 16.7 Å². The largest absolute Gasteiger partial charge is 0.478 e. The molecule has 0 bridgehead atoms. The number of non-ortho nitro benzene ring substituents is 1. The van der Waals surface area contributed by atoms with Crippen molar-refractivity contribution in [1.29, 1.82) is 0 Å². The molecule has 6 nitrogen and oxygen atoms in total. The third-order valence-corrected chi connectivity index (χ3v) is 2.07. The second kappa shape index (κ2) is 4.91. The Labute approximate surface area is 97.5 Å². The number of benzene rings is 1. The number of nitro groups is 1. The van der Waals surface area contributed by atoms with E-state index in [9.17, 15) is 23.7 Å². The fourth-order valence-electron chi connectivity index (χ4n) is 1.03. The van der Waals surface area contributed by atoms with Gasteiger partial charge in [0, 0.05) is 6.07 Å². The molecule has 0 amide bonds. The van der Waals surface area contributed by atoms with Crippen LogP contribution in [0.4, 0.5) is 14.5 Å². The molecule has 1 rings (SSSR count). The topological polar surface area (TPSA) is 89.7 Å². The maximum absolute atomic E-state index is 12.0. The molecule has 1 aromatic carbocycles. The number of hydrogen-bond donors (Lipinski definition) is 1. The van der Waals surface area contributed by atoms with Gasteiger partial charge >= 0.3 is 12.6 Å². The number of nitrogens with zero attached hydrogens (tertiary/aromatic N) is 1. The molecule has 9 heteroatoms. The van der Waals surface area contributed by atoms with Gasteiger partial charge in [-0.2, -0.15) is 8.78 Å². The highest BCUT2D eigenvalue weighted by Gasteiger charge is 2.22. The van der Waals surface area contributed by atoms with Crippen LogP contribution in [0.15, 0.2) is 12.1 Å². The van der Waals surface area contributed by atoms with Crippen LogP contribution >= 0.6 is 11.6 Å². The van der Waals surface area contributed by atoms with Gasteiger partial charge in [0.2, 0.25) is 0 Å². The molecular weight excluding hydrogens is 264 g/mol. The van der Waals surface area contributed by atoms with Gasteiger partial charge in [-0.05, 0) is 0 Å². The van der Waals surface area contributed by atoms with Crippen molar-refractivity contribution in [2.24, 2.45) is 0 Å². The summed E-state index contributed by atoms with van der Waals surface area (Å²) in [6.07, 6.45) is 0. The molecule has 0 aliphatic heterocycles. The van der Waals surface area contributed by atoms with Gasteiger partial charge in [0.05, 0.1) is 21.6 Å². The van der Waals surface area contributed by atoms with Crippen molar-refractivity contribution in [2.75, 3.05) is 0 Å². The molecule has 0 saturated carbocycles. The van der Waals surface area contributed by atoms with E-state index in [0.717, 1.165) is 0 Å². The summed E-state index contributed by atoms with van der Waals surface area (Å²) in [7, 11) is 0. The average molecular weight is 268 g/mol. The first-order chi connectivity index (χ1) is 7.82. The number of rotatable bonds is 4. The Morgan fingerprint density at radius 1 is 1.53 bits per heavy atom. The standard InChI is InChI=1S/C8H4ClF2NO5/c9-6-4(7(13)14)1-3(12(15)16)2-5(6)17-8(10)11/h1-2,8H,(H,13,14). The lowest BCUT2D eigenvalue weighted by molar-refractivity contribution is -0.385. The fourth-order valence-corrected chi connectivity index (χ4v) is 1.26. The number of aromatic carboxylic acids is 1. The second-order valence-electron chi connectivity index (χ2n) is 2.75. The van der Waals surface area contributed by atoms with E-state index < -0.39 is 39.5 Å². The summed E-state index contributed by atoms with van der Waals surface area (Å²) >= 11 is 5.46. The molecule has 92 valence electrons. The molecule has 0 saturated heterocycles. The van der Waals surface area contributed by atoms with E-state index in [0.29, 0.717) is 12.1 Å². The highest BCUT2D eigenvalue weighted by Crippen LogP contribution is 2.34. The Bertz CT molecular complexity index is 479. The van der Waals surface area contributed by atoms with Gasteiger partial charge in [0.15, 0.2) is 5.75 Å². The van der Waals surface area contributed by atoms with E-state index in [1.165, 1.54) is 0 Å². The summed E-state index contributed by atoms with van der Waals surface area (Å²) in [5.41, 5.74) is -1.39. The Hall–Kier alpha value is -1.96. The quantitative estimate of drug-likeness (QED) is 0.669. The van der Waals surface area contributed by atoms with Crippen LogP contribution in [0.25, 0.3) is 0 Å². The summed E-state index contributed by atoms with van der Waals surface area (Å²) in [5.74, 6) is -2.34. The Balaban J connectivity index is 3.37. The summed E-state index contributed by atoms with van der Waals surface area (Å²) in [6, 6.07) is 1.28. The zero-order valence-electron chi connectivity index (χ0n) is 7.89. The van der Waals surface area contributed by atoms with Crippen LogP contribution in [0.1, 0.15) is 10.4 Å². The van der Waals surface area contributed by atoms with E-state index in [1.807, 2.05) is 0 Å². The highest BCUT2D eigenvalue weighted by atomic mass is 35.5. The molecule has 0 heterocycles. The van der Waals surface area contributed by atoms with Crippen molar-refractivity contribution < 1.29 is 28.3 Å². The number of ether oxygens (including phenoxy) is 1. The van der Waals surface area contributed by atoms with Crippen LogP contribution in [0.3, 0.4) is 0 Å². The van der Waals surface area contributed by atoms with Crippen LogP contribution in [0.5, 0.6) is 5.75 Å². The van der Waals surface area contributed by atoms with Crippen molar-refractivity contribution in [3.05, 3.63) is 32.8 Å². The molecule has 0 aliphatic carbocycles. The number of carboxylic acid groups (broad SMARTS) is 1. The summed E-state index contributed by atoms with van der Waals surface area (Å²) in [4.78, 5) is 20.2. The normalized spacial score (nSPS) is 10.4. The molecule has 0 aromatic heterocycles. The van der Waals surface area contributed by atoms with Crippen molar-refractivity contribution in [3.8, 4) is 5.75 Å². The summed E-state index contributed by atoms with van der Waals surface area (Å²) in [6.45, 7) is -3.27. The Morgan fingerprint density at radius 3 is 2.53 bits per heavy atom.